The molecular weight excluding hydrogens is 320 g/mol. The molecule has 1 saturated heterocycles. The van der Waals surface area contributed by atoms with Crippen LogP contribution in [0, 0.1) is 0 Å². The summed E-state index contributed by atoms with van der Waals surface area (Å²) < 4.78 is 0. The number of rotatable bonds is 2. The summed E-state index contributed by atoms with van der Waals surface area (Å²) in [4.78, 5) is 27.8. The van der Waals surface area contributed by atoms with Crippen LogP contribution in [0.4, 0.5) is 10.5 Å². The number of hydrogen-bond donors (Lipinski definition) is 0. The van der Waals surface area contributed by atoms with Gasteiger partial charge in [-0.15, -0.1) is 0 Å². The highest BCUT2D eigenvalue weighted by molar-refractivity contribution is 8.18. The van der Waals surface area contributed by atoms with Gasteiger partial charge in [0.15, 0.2) is 0 Å². The monoisotopic (exact) mass is 344 g/mol. The van der Waals surface area contributed by atoms with Crippen LogP contribution in [-0.2, 0) is 4.79 Å². The summed E-state index contributed by atoms with van der Waals surface area (Å²) in [5.74, 6) is 0.250. The first-order chi connectivity index (χ1) is 11.2. The lowest BCUT2D eigenvalue weighted by Crippen LogP contribution is -2.48. The number of hydrogen-bond acceptors (Lipinski definition) is 4. The maximum absolute atomic E-state index is 12.1. The second-order valence-corrected chi connectivity index (χ2v) is 8.21. The number of nitrogens with zero attached hydrogens (tertiary/aromatic N) is 2. The highest BCUT2D eigenvalue weighted by Crippen LogP contribution is 2.43. The summed E-state index contributed by atoms with van der Waals surface area (Å²) in [5, 5.41) is -0.212. The first-order valence-corrected chi connectivity index (χ1v) is 9.19. The van der Waals surface area contributed by atoms with Crippen molar-refractivity contribution in [2.45, 2.75) is 45.6 Å². The lowest BCUT2D eigenvalue weighted by atomic mass is 9.79. The molecule has 2 amide bonds. The zero-order valence-electron chi connectivity index (χ0n) is 14.9. The van der Waals surface area contributed by atoms with E-state index in [0.717, 1.165) is 30.3 Å². The van der Waals surface area contributed by atoms with E-state index in [0.29, 0.717) is 10.8 Å². The normalized spacial score (nSPS) is 24.7. The number of likely N-dealkylation sites (N-methyl/N-ethyl adjacent to an activating group) is 1. The number of amides is 2. The summed E-state index contributed by atoms with van der Waals surface area (Å²) in [6, 6.07) is 6.36. The lowest BCUT2D eigenvalue weighted by Gasteiger charge is -2.47. The third kappa shape index (κ3) is 2.75. The number of imide groups is 1. The van der Waals surface area contributed by atoms with E-state index in [-0.39, 0.29) is 16.7 Å². The van der Waals surface area contributed by atoms with Crippen molar-refractivity contribution >= 4 is 34.7 Å². The van der Waals surface area contributed by atoms with Crippen molar-refractivity contribution in [2.75, 3.05) is 18.5 Å². The molecule has 0 bridgehead atoms. The Hall–Kier alpha value is -1.75. The Labute approximate surface area is 147 Å². The zero-order valence-corrected chi connectivity index (χ0v) is 15.7. The molecule has 0 aliphatic carbocycles. The number of carbonyl (C=O) groups excluding carboxylic acids is 2. The van der Waals surface area contributed by atoms with Gasteiger partial charge in [0.2, 0.25) is 0 Å². The van der Waals surface area contributed by atoms with Crippen molar-refractivity contribution in [3.63, 3.8) is 0 Å². The molecule has 1 unspecified atom stereocenters. The van der Waals surface area contributed by atoms with Gasteiger partial charge in [-0.25, -0.2) is 0 Å². The van der Waals surface area contributed by atoms with Crippen LogP contribution in [0.3, 0.4) is 0 Å². The lowest BCUT2D eigenvalue weighted by molar-refractivity contribution is -0.121. The van der Waals surface area contributed by atoms with Crippen LogP contribution >= 0.6 is 11.8 Å². The molecule has 1 aromatic carbocycles. The predicted octanol–water partition coefficient (Wildman–Crippen LogP) is 4.46. The number of carbonyl (C=O) groups is 2. The molecule has 0 spiro atoms. The topological polar surface area (TPSA) is 40.6 Å². The zero-order chi connectivity index (χ0) is 17.6. The second kappa shape index (κ2) is 5.96. The SMILES string of the molecule is CCN1c2ccc(/C=C3/SC(=O)N(C)C3=O)cc2C(C)CC1(C)C. The fourth-order valence-electron chi connectivity index (χ4n) is 3.89. The van der Waals surface area contributed by atoms with Crippen molar-refractivity contribution in [2.24, 2.45) is 0 Å². The Morgan fingerprint density at radius 2 is 2.04 bits per heavy atom. The van der Waals surface area contributed by atoms with Crippen LogP contribution in [-0.4, -0.2) is 35.2 Å². The Bertz CT molecular complexity index is 739. The minimum Gasteiger partial charge on any atom is -0.366 e. The summed E-state index contributed by atoms with van der Waals surface area (Å²) in [7, 11) is 1.52. The second-order valence-electron chi connectivity index (χ2n) is 7.22. The Morgan fingerprint density at radius 3 is 2.62 bits per heavy atom. The van der Waals surface area contributed by atoms with Crippen LogP contribution < -0.4 is 4.90 Å². The van der Waals surface area contributed by atoms with Gasteiger partial charge in [0.05, 0.1) is 4.91 Å². The molecule has 24 heavy (non-hydrogen) atoms. The third-order valence-electron chi connectivity index (χ3n) is 5.01. The summed E-state index contributed by atoms with van der Waals surface area (Å²) in [6.45, 7) is 10.0. The Balaban J connectivity index is 1.99. The Morgan fingerprint density at radius 1 is 1.33 bits per heavy atom. The molecule has 128 valence electrons. The van der Waals surface area contributed by atoms with Gasteiger partial charge in [0.25, 0.3) is 11.1 Å². The van der Waals surface area contributed by atoms with Crippen LogP contribution in [0.2, 0.25) is 0 Å². The molecule has 5 heteroatoms. The highest BCUT2D eigenvalue weighted by atomic mass is 32.2. The van der Waals surface area contributed by atoms with Crippen LogP contribution in [0.1, 0.15) is 51.2 Å². The van der Waals surface area contributed by atoms with Gasteiger partial charge in [0.1, 0.15) is 0 Å². The fraction of sp³-hybridized carbons (Fsp3) is 0.474. The third-order valence-corrected chi connectivity index (χ3v) is 5.97. The smallest absolute Gasteiger partial charge is 0.293 e. The largest absolute Gasteiger partial charge is 0.366 e. The predicted molar refractivity (Wildman–Crippen MR) is 100 cm³/mol. The number of anilines is 1. The molecule has 3 rings (SSSR count). The average molecular weight is 344 g/mol. The standard InChI is InChI=1S/C19H24N2O2S/c1-6-21-15-8-7-13(9-14(15)12(2)11-19(21,3)4)10-16-17(22)20(5)18(23)24-16/h7-10,12H,6,11H2,1-5H3/b16-10+. The van der Waals surface area contributed by atoms with Crippen molar-refractivity contribution in [3.05, 3.63) is 34.2 Å². The number of benzene rings is 1. The summed E-state index contributed by atoms with van der Waals surface area (Å²) in [6.07, 6.45) is 2.93. The molecule has 1 atom stereocenters. The van der Waals surface area contributed by atoms with E-state index < -0.39 is 0 Å². The van der Waals surface area contributed by atoms with Gasteiger partial charge < -0.3 is 4.90 Å². The van der Waals surface area contributed by atoms with Gasteiger partial charge in [-0.05, 0) is 74.2 Å². The van der Waals surface area contributed by atoms with Gasteiger partial charge >= 0.3 is 0 Å². The van der Waals surface area contributed by atoms with E-state index in [4.69, 9.17) is 0 Å². The number of thioether (sulfide) groups is 1. The number of fused-ring (bicyclic) bond motifs is 1. The first-order valence-electron chi connectivity index (χ1n) is 8.37. The Kier molecular flexibility index (Phi) is 4.24. The molecule has 0 saturated carbocycles. The average Bonchev–Trinajstić information content (AvgIpc) is 2.75. The maximum Gasteiger partial charge on any atom is 0.293 e. The van der Waals surface area contributed by atoms with Crippen LogP contribution in [0.5, 0.6) is 0 Å². The molecule has 0 N–H and O–H groups in total. The van der Waals surface area contributed by atoms with E-state index in [1.165, 1.54) is 23.2 Å². The van der Waals surface area contributed by atoms with Gasteiger partial charge in [-0.2, -0.15) is 0 Å². The van der Waals surface area contributed by atoms with Crippen molar-refractivity contribution in [1.82, 2.24) is 4.90 Å². The van der Waals surface area contributed by atoms with E-state index in [9.17, 15) is 9.59 Å². The van der Waals surface area contributed by atoms with E-state index >= 15 is 0 Å². The highest BCUT2D eigenvalue weighted by Gasteiger charge is 2.36. The molecule has 1 fully saturated rings. The van der Waals surface area contributed by atoms with E-state index in [1.807, 2.05) is 12.1 Å². The molecule has 2 aliphatic rings. The van der Waals surface area contributed by atoms with Gasteiger partial charge in [-0.3, -0.25) is 14.5 Å². The quantitative estimate of drug-likeness (QED) is 0.743. The van der Waals surface area contributed by atoms with Crippen LogP contribution in [0.15, 0.2) is 23.1 Å². The molecule has 2 aliphatic heterocycles. The fourth-order valence-corrected chi connectivity index (χ4v) is 4.72. The summed E-state index contributed by atoms with van der Waals surface area (Å²) in [5.41, 5.74) is 3.73. The maximum atomic E-state index is 12.1. The van der Waals surface area contributed by atoms with Crippen molar-refractivity contribution in [3.8, 4) is 0 Å². The minimum absolute atomic E-state index is 0.146. The molecule has 2 heterocycles. The first kappa shape index (κ1) is 17.1. The molecule has 0 radical (unpaired) electrons. The molecular formula is C19H24N2O2S. The van der Waals surface area contributed by atoms with E-state index in [2.05, 4.69) is 44.7 Å². The molecule has 1 aromatic rings. The van der Waals surface area contributed by atoms with Crippen molar-refractivity contribution in [1.29, 1.82) is 0 Å². The summed E-state index contributed by atoms with van der Waals surface area (Å²) >= 11 is 1.01. The van der Waals surface area contributed by atoms with Crippen LogP contribution in [0.25, 0.3) is 6.08 Å². The molecule has 0 aromatic heterocycles. The molecule has 4 nitrogen and oxygen atoms in total. The van der Waals surface area contributed by atoms with Gasteiger partial charge in [-0.1, -0.05) is 13.0 Å². The van der Waals surface area contributed by atoms with Gasteiger partial charge in [0, 0.05) is 24.8 Å². The van der Waals surface area contributed by atoms with Crippen molar-refractivity contribution < 1.29 is 9.59 Å². The minimum atomic E-state index is -0.216. The van der Waals surface area contributed by atoms with E-state index in [1.54, 1.807) is 0 Å².